The van der Waals surface area contributed by atoms with Gasteiger partial charge in [0.2, 0.25) is 0 Å². The van der Waals surface area contributed by atoms with Gasteiger partial charge in [0.25, 0.3) is 0 Å². The fourth-order valence-corrected chi connectivity index (χ4v) is 5.03. The molecule has 0 saturated carbocycles. The van der Waals surface area contributed by atoms with Crippen molar-refractivity contribution in [2.75, 3.05) is 6.61 Å². The monoisotopic (exact) mass is 634 g/mol. The van der Waals surface area contributed by atoms with E-state index in [1.165, 1.54) is 32.1 Å². The number of ether oxygens (including phenoxy) is 6. The number of aliphatic hydroxyl groups excluding tert-OH is 8. The lowest BCUT2D eigenvalue weighted by molar-refractivity contribution is -0.385. The van der Waals surface area contributed by atoms with Crippen LogP contribution in [0.4, 0.5) is 0 Å². The first-order valence-electron chi connectivity index (χ1n) is 13.8. The molecule has 3 saturated heterocycles. The minimum absolute atomic E-state index is 0.291. The molecule has 0 aliphatic carbocycles. The second kappa shape index (κ2) is 14.3. The van der Waals surface area contributed by atoms with Crippen LogP contribution in [0.1, 0.15) is 19.4 Å². The molecule has 10 N–H and O–H groups in total. The van der Waals surface area contributed by atoms with Crippen LogP contribution in [-0.2, 0) is 33.2 Å². The molecule has 0 radical (unpaired) electrons. The number of phenols is 2. The van der Waals surface area contributed by atoms with Crippen molar-refractivity contribution in [2.45, 2.75) is 106 Å². The third-order valence-electron chi connectivity index (χ3n) is 7.65. The molecule has 0 unspecified atom stereocenters. The molecule has 0 spiro atoms. The predicted octanol–water partition coefficient (Wildman–Crippen LogP) is -3.84. The van der Waals surface area contributed by atoms with E-state index in [0.717, 1.165) is 12.1 Å². The maximum atomic E-state index is 12.9. The number of aliphatic hydroxyl groups is 8. The third kappa shape index (κ3) is 7.31. The highest BCUT2D eigenvalue weighted by Crippen LogP contribution is 2.34. The fraction of sp³-hybridized carbons (Fsp3) is 0.667. The highest BCUT2D eigenvalue weighted by atomic mass is 16.8. The van der Waals surface area contributed by atoms with Gasteiger partial charge >= 0.3 is 5.97 Å². The van der Waals surface area contributed by atoms with Crippen molar-refractivity contribution >= 4 is 12.0 Å². The summed E-state index contributed by atoms with van der Waals surface area (Å²) in [4.78, 5) is 12.9. The van der Waals surface area contributed by atoms with Crippen molar-refractivity contribution in [3.8, 4) is 11.5 Å². The summed E-state index contributed by atoms with van der Waals surface area (Å²) in [6, 6.07) is 3.73. The number of carbonyl (C=O) groups excluding carboxylic acids is 1. The average molecular weight is 635 g/mol. The Kier molecular flexibility index (Phi) is 11.2. The van der Waals surface area contributed by atoms with Crippen LogP contribution in [-0.4, -0.2) is 156 Å². The summed E-state index contributed by atoms with van der Waals surface area (Å²) in [5, 5.41) is 102. The Bertz CT molecular complexity index is 1150. The van der Waals surface area contributed by atoms with Gasteiger partial charge in [-0.05, 0) is 37.6 Å². The van der Waals surface area contributed by atoms with Gasteiger partial charge < -0.3 is 79.5 Å². The number of phenolic OH excluding ortho intramolecular Hbond substituents is 2. The van der Waals surface area contributed by atoms with Crippen molar-refractivity contribution in [2.24, 2.45) is 0 Å². The maximum absolute atomic E-state index is 12.9. The number of rotatable bonds is 8. The first-order valence-corrected chi connectivity index (χ1v) is 13.8. The zero-order valence-corrected chi connectivity index (χ0v) is 23.6. The number of benzene rings is 1. The van der Waals surface area contributed by atoms with Gasteiger partial charge in [-0.15, -0.1) is 0 Å². The topological polar surface area (TPSA) is 275 Å². The number of hydrogen-bond donors (Lipinski definition) is 10. The second-order valence-corrected chi connectivity index (χ2v) is 10.8. The van der Waals surface area contributed by atoms with Crippen LogP contribution in [0.3, 0.4) is 0 Å². The van der Waals surface area contributed by atoms with E-state index in [2.05, 4.69) is 0 Å². The molecule has 248 valence electrons. The van der Waals surface area contributed by atoms with Gasteiger partial charge in [0.05, 0.1) is 18.8 Å². The quantitative estimate of drug-likeness (QED) is 0.0745. The third-order valence-corrected chi connectivity index (χ3v) is 7.65. The lowest BCUT2D eigenvalue weighted by atomic mass is 9.96. The van der Waals surface area contributed by atoms with Gasteiger partial charge in [-0.25, -0.2) is 4.79 Å². The Morgan fingerprint density at radius 2 is 1.30 bits per heavy atom. The summed E-state index contributed by atoms with van der Waals surface area (Å²) in [6.07, 6.45) is -22.1. The number of aromatic hydroxyl groups is 2. The molecule has 3 fully saturated rings. The van der Waals surface area contributed by atoms with Crippen molar-refractivity contribution in [3.05, 3.63) is 29.8 Å². The summed E-state index contributed by atoms with van der Waals surface area (Å²) < 4.78 is 33.5. The van der Waals surface area contributed by atoms with Crippen LogP contribution in [0.2, 0.25) is 0 Å². The minimum atomic E-state index is -1.97. The van der Waals surface area contributed by atoms with Crippen LogP contribution in [0.25, 0.3) is 6.08 Å². The van der Waals surface area contributed by atoms with Crippen molar-refractivity contribution in [3.63, 3.8) is 0 Å². The zero-order valence-electron chi connectivity index (χ0n) is 23.6. The molecule has 1 aromatic rings. The van der Waals surface area contributed by atoms with Crippen molar-refractivity contribution in [1.29, 1.82) is 0 Å². The van der Waals surface area contributed by atoms with Crippen LogP contribution >= 0.6 is 0 Å². The molecule has 0 bridgehead atoms. The zero-order chi connectivity index (χ0) is 32.5. The number of esters is 1. The smallest absolute Gasteiger partial charge is 0.331 e. The van der Waals surface area contributed by atoms with E-state index in [1.54, 1.807) is 0 Å². The first-order chi connectivity index (χ1) is 20.7. The Morgan fingerprint density at radius 1 is 0.750 bits per heavy atom. The highest BCUT2D eigenvalue weighted by molar-refractivity contribution is 5.87. The molecule has 17 nitrogen and oxygen atoms in total. The molecule has 3 heterocycles. The number of hydrogen-bond acceptors (Lipinski definition) is 17. The molecular formula is C27H38O17. The van der Waals surface area contributed by atoms with E-state index in [4.69, 9.17) is 28.4 Å². The maximum Gasteiger partial charge on any atom is 0.331 e. The van der Waals surface area contributed by atoms with Crippen molar-refractivity contribution < 1.29 is 84.3 Å². The number of carbonyl (C=O) groups is 1. The van der Waals surface area contributed by atoms with Gasteiger partial charge in [0, 0.05) is 6.08 Å². The van der Waals surface area contributed by atoms with E-state index in [0.29, 0.717) is 5.56 Å². The Morgan fingerprint density at radius 3 is 1.82 bits per heavy atom. The van der Waals surface area contributed by atoms with Crippen LogP contribution in [0, 0.1) is 0 Å². The SMILES string of the molecule is C[C@@H]1O[C@@H](O[C@@H]2[C@@H](O[C@@H]3O[C@@H](C)[C@H](O)[C@@H](O)[C@H]3O)[C@H](O)O[C@H](CO)[C@H]2OC(=O)/C=C/c2ccc(O)c(O)c2)[C@H](O)[C@H](O)[C@H]1O. The highest BCUT2D eigenvalue weighted by Gasteiger charge is 2.54. The molecule has 0 aromatic heterocycles. The van der Waals surface area contributed by atoms with Gasteiger partial charge in [0.15, 0.2) is 36.5 Å². The van der Waals surface area contributed by atoms with E-state index in [1.807, 2.05) is 0 Å². The summed E-state index contributed by atoms with van der Waals surface area (Å²) in [7, 11) is 0. The van der Waals surface area contributed by atoms with E-state index in [-0.39, 0.29) is 5.75 Å². The predicted molar refractivity (Wildman–Crippen MR) is 141 cm³/mol. The van der Waals surface area contributed by atoms with Crippen molar-refractivity contribution in [1.82, 2.24) is 0 Å². The largest absolute Gasteiger partial charge is 0.504 e. The first kappa shape index (κ1) is 34.4. The van der Waals surface area contributed by atoms with Gasteiger partial charge in [-0.2, -0.15) is 0 Å². The molecule has 44 heavy (non-hydrogen) atoms. The van der Waals surface area contributed by atoms with Crippen LogP contribution in [0.15, 0.2) is 24.3 Å². The fourth-order valence-electron chi connectivity index (χ4n) is 5.03. The Labute approximate surface area is 250 Å². The van der Waals surface area contributed by atoms with Gasteiger partial charge in [-0.3, -0.25) is 0 Å². The molecule has 0 amide bonds. The summed E-state index contributed by atoms with van der Waals surface area (Å²) in [5.41, 5.74) is 0.291. The lowest BCUT2D eigenvalue weighted by Crippen LogP contribution is -2.67. The molecule has 4 rings (SSSR count). The Hall–Kier alpha value is -2.49. The standard InChI is InChI=1S/C27H38O17/c1-9-16(32)18(34)20(36)26(39-9)43-23-22(42-15(31)6-4-11-3-5-12(29)13(30)7-11)14(8-28)41-25(38)24(23)44-27-21(37)19(35)17(33)10(2)40-27/h3-7,9-10,14,16-30,32-38H,8H2,1-2H3/b6-4+/t9-,10-,14+,16-,17-,18+,19+,20+,21+,22+,23-,24+,25+,26-,27-/m0/s1. The summed E-state index contributed by atoms with van der Waals surface area (Å²) >= 11 is 0. The van der Waals surface area contributed by atoms with E-state index >= 15 is 0 Å². The normalized spacial score (nSPS) is 43.2. The van der Waals surface area contributed by atoms with Gasteiger partial charge in [-0.1, -0.05) is 6.07 Å². The minimum Gasteiger partial charge on any atom is -0.504 e. The molecule has 3 aliphatic heterocycles. The summed E-state index contributed by atoms with van der Waals surface area (Å²) in [6.45, 7) is 1.92. The average Bonchev–Trinajstić information content (AvgIpc) is 2.99. The Balaban J connectivity index is 1.63. The molecule has 15 atom stereocenters. The van der Waals surface area contributed by atoms with Crippen LogP contribution < -0.4 is 0 Å². The summed E-state index contributed by atoms with van der Waals surface area (Å²) in [5.74, 6) is -1.89. The lowest BCUT2D eigenvalue weighted by Gasteiger charge is -2.48. The van der Waals surface area contributed by atoms with E-state index in [9.17, 15) is 55.9 Å². The second-order valence-electron chi connectivity index (χ2n) is 10.8. The molecule has 3 aliphatic rings. The molecular weight excluding hydrogens is 596 g/mol. The molecule has 17 heteroatoms. The van der Waals surface area contributed by atoms with Gasteiger partial charge in [0.1, 0.15) is 54.9 Å². The van der Waals surface area contributed by atoms with Crippen LogP contribution in [0.5, 0.6) is 11.5 Å². The van der Waals surface area contributed by atoms with E-state index < -0.39 is 110 Å². The molecule has 1 aromatic carbocycles.